The van der Waals surface area contributed by atoms with Gasteiger partial charge in [-0.15, -0.1) is 0 Å². The van der Waals surface area contributed by atoms with Gasteiger partial charge in [-0.25, -0.2) is 9.97 Å². The number of carbonyl (C=O) groups excluding carboxylic acids is 1. The number of aromatic nitrogens is 2. The first kappa shape index (κ1) is 15.5. The second kappa shape index (κ2) is 6.77. The Balaban J connectivity index is 1.87. The second-order valence-corrected chi connectivity index (χ2v) is 5.84. The van der Waals surface area contributed by atoms with Gasteiger partial charge in [0.25, 0.3) is 5.91 Å². The van der Waals surface area contributed by atoms with Gasteiger partial charge in [-0.2, -0.15) is 0 Å². The van der Waals surface area contributed by atoms with E-state index in [1.54, 1.807) is 4.90 Å². The van der Waals surface area contributed by atoms with Crippen LogP contribution >= 0.6 is 0 Å². The van der Waals surface area contributed by atoms with Crippen LogP contribution in [0.4, 0.5) is 11.5 Å². The number of rotatable bonds is 4. The summed E-state index contributed by atoms with van der Waals surface area (Å²) in [5.74, 6) is 0.766. The zero-order valence-corrected chi connectivity index (χ0v) is 13.7. The maximum absolute atomic E-state index is 12.9. The Bertz CT molecular complexity index is 695. The van der Waals surface area contributed by atoms with Crippen LogP contribution in [-0.4, -0.2) is 35.5 Å². The third-order valence-corrected chi connectivity index (χ3v) is 4.18. The highest BCUT2D eigenvalue weighted by Gasteiger charge is 2.20. The summed E-state index contributed by atoms with van der Waals surface area (Å²) in [5, 5.41) is 0. The van der Waals surface area contributed by atoms with Crippen LogP contribution in [0.3, 0.4) is 0 Å². The summed E-state index contributed by atoms with van der Waals surface area (Å²) in [7, 11) is 0. The smallest absolute Gasteiger partial charge is 0.277 e. The van der Waals surface area contributed by atoms with Gasteiger partial charge in [0.1, 0.15) is 17.8 Å². The normalized spacial score (nSPS) is 14.1. The number of hydrogen-bond donors (Lipinski definition) is 0. The van der Waals surface area contributed by atoms with Gasteiger partial charge in [-0.3, -0.25) is 4.79 Å². The van der Waals surface area contributed by atoms with Gasteiger partial charge in [-0.05, 0) is 44.4 Å². The number of anilines is 2. The molecule has 0 unspecified atom stereocenters. The topological polar surface area (TPSA) is 49.3 Å². The molecular formula is C18H22N4O. The van der Waals surface area contributed by atoms with E-state index >= 15 is 0 Å². The molecule has 1 aromatic heterocycles. The molecule has 120 valence electrons. The molecule has 1 aromatic carbocycles. The van der Waals surface area contributed by atoms with Crippen molar-refractivity contribution in [1.29, 1.82) is 0 Å². The van der Waals surface area contributed by atoms with Gasteiger partial charge in [0.15, 0.2) is 0 Å². The van der Waals surface area contributed by atoms with Crippen LogP contribution in [0.1, 0.15) is 35.8 Å². The molecule has 3 rings (SSSR count). The van der Waals surface area contributed by atoms with Crippen LogP contribution in [0, 0.1) is 6.92 Å². The van der Waals surface area contributed by atoms with Crippen molar-refractivity contribution in [2.45, 2.75) is 26.7 Å². The van der Waals surface area contributed by atoms with E-state index in [4.69, 9.17) is 0 Å². The summed E-state index contributed by atoms with van der Waals surface area (Å²) in [6.07, 6.45) is 3.85. The van der Waals surface area contributed by atoms with E-state index in [1.165, 1.54) is 19.2 Å². The SMILES string of the molecule is CCN(C(=O)c1cc(N2CCCC2)ncn1)c1cccc(C)c1. The molecule has 2 aromatic rings. The molecule has 1 fully saturated rings. The third kappa shape index (κ3) is 3.33. The van der Waals surface area contributed by atoms with Crippen molar-refractivity contribution >= 4 is 17.4 Å². The second-order valence-electron chi connectivity index (χ2n) is 5.84. The standard InChI is InChI=1S/C18H22N4O/c1-3-22(15-8-6-7-14(2)11-15)18(23)16-12-17(20-13-19-16)21-9-4-5-10-21/h6-8,11-13H,3-5,9-10H2,1-2H3. The molecule has 0 bridgehead atoms. The summed E-state index contributed by atoms with van der Waals surface area (Å²) in [6.45, 7) is 6.60. The van der Waals surface area contributed by atoms with E-state index in [9.17, 15) is 4.79 Å². The average Bonchev–Trinajstić information content (AvgIpc) is 3.10. The molecule has 1 aliphatic rings. The van der Waals surface area contributed by atoms with Gasteiger partial charge < -0.3 is 9.80 Å². The van der Waals surface area contributed by atoms with Crippen LogP contribution in [0.2, 0.25) is 0 Å². The van der Waals surface area contributed by atoms with E-state index in [2.05, 4.69) is 14.9 Å². The van der Waals surface area contributed by atoms with Crippen LogP contribution in [0.15, 0.2) is 36.7 Å². The maximum Gasteiger partial charge on any atom is 0.277 e. The Morgan fingerprint density at radius 2 is 2.00 bits per heavy atom. The Hall–Kier alpha value is -2.43. The number of carbonyl (C=O) groups is 1. The van der Waals surface area contributed by atoms with Gasteiger partial charge >= 0.3 is 0 Å². The molecule has 0 aliphatic carbocycles. The fraction of sp³-hybridized carbons (Fsp3) is 0.389. The lowest BCUT2D eigenvalue weighted by Gasteiger charge is -2.22. The Labute approximate surface area is 137 Å². The van der Waals surface area contributed by atoms with Crippen molar-refractivity contribution in [2.24, 2.45) is 0 Å². The van der Waals surface area contributed by atoms with E-state index < -0.39 is 0 Å². The number of nitrogens with zero attached hydrogens (tertiary/aromatic N) is 4. The highest BCUT2D eigenvalue weighted by Crippen LogP contribution is 2.21. The van der Waals surface area contributed by atoms with Gasteiger partial charge in [-0.1, -0.05) is 12.1 Å². The summed E-state index contributed by atoms with van der Waals surface area (Å²) in [4.78, 5) is 25.4. The number of aryl methyl sites for hydroxylation is 1. The number of hydrogen-bond acceptors (Lipinski definition) is 4. The van der Waals surface area contributed by atoms with E-state index in [0.717, 1.165) is 30.2 Å². The minimum Gasteiger partial charge on any atom is -0.357 e. The lowest BCUT2D eigenvalue weighted by Crippen LogP contribution is -2.31. The minimum absolute atomic E-state index is 0.0825. The van der Waals surface area contributed by atoms with E-state index in [1.807, 2.05) is 44.2 Å². The summed E-state index contributed by atoms with van der Waals surface area (Å²) in [6, 6.07) is 9.78. The molecule has 0 spiro atoms. The Morgan fingerprint density at radius 1 is 1.22 bits per heavy atom. The Kier molecular flexibility index (Phi) is 4.55. The zero-order chi connectivity index (χ0) is 16.2. The zero-order valence-electron chi connectivity index (χ0n) is 13.7. The highest BCUT2D eigenvalue weighted by molar-refractivity contribution is 6.05. The van der Waals surface area contributed by atoms with Gasteiger partial charge in [0.05, 0.1) is 0 Å². The quantitative estimate of drug-likeness (QED) is 0.871. The van der Waals surface area contributed by atoms with Crippen molar-refractivity contribution in [3.8, 4) is 0 Å². The van der Waals surface area contributed by atoms with Crippen molar-refractivity contribution in [1.82, 2.24) is 9.97 Å². The first-order valence-electron chi connectivity index (χ1n) is 8.14. The molecule has 0 N–H and O–H groups in total. The number of benzene rings is 1. The lowest BCUT2D eigenvalue weighted by atomic mass is 10.2. The molecule has 23 heavy (non-hydrogen) atoms. The first-order chi connectivity index (χ1) is 11.2. The van der Waals surface area contributed by atoms with E-state index in [-0.39, 0.29) is 5.91 Å². The van der Waals surface area contributed by atoms with Crippen molar-refractivity contribution < 1.29 is 4.79 Å². The summed E-state index contributed by atoms with van der Waals surface area (Å²) < 4.78 is 0. The predicted molar refractivity (Wildman–Crippen MR) is 92.0 cm³/mol. The fourth-order valence-electron chi connectivity index (χ4n) is 2.96. The summed E-state index contributed by atoms with van der Waals surface area (Å²) >= 11 is 0. The highest BCUT2D eigenvalue weighted by atomic mass is 16.2. The maximum atomic E-state index is 12.9. The molecular weight excluding hydrogens is 288 g/mol. The van der Waals surface area contributed by atoms with Crippen molar-refractivity contribution in [3.05, 3.63) is 47.9 Å². The van der Waals surface area contributed by atoms with E-state index in [0.29, 0.717) is 12.2 Å². The molecule has 1 amide bonds. The van der Waals surface area contributed by atoms with Crippen molar-refractivity contribution in [3.63, 3.8) is 0 Å². The molecule has 2 heterocycles. The molecule has 5 nitrogen and oxygen atoms in total. The average molecular weight is 310 g/mol. The van der Waals surface area contributed by atoms with Gasteiger partial charge in [0.2, 0.25) is 0 Å². The van der Waals surface area contributed by atoms with Crippen LogP contribution in [0.25, 0.3) is 0 Å². The van der Waals surface area contributed by atoms with Crippen LogP contribution < -0.4 is 9.80 Å². The van der Waals surface area contributed by atoms with Crippen molar-refractivity contribution in [2.75, 3.05) is 29.4 Å². The fourth-order valence-corrected chi connectivity index (χ4v) is 2.96. The molecule has 0 saturated carbocycles. The number of amides is 1. The minimum atomic E-state index is -0.0825. The van der Waals surface area contributed by atoms with Gasteiger partial charge in [0, 0.05) is 31.4 Å². The monoisotopic (exact) mass is 310 g/mol. The first-order valence-corrected chi connectivity index (χ1v) is 8.14. The lowest BCUT2D eigenvalue weighted by molar-refractivity contribution is 0.0983. The van der Waals surface area contributed by atoms with Crippen LogP contribution in [0.5, 0.6) is 0 Å². The molecule has 5 heteroatoms. The molecule has 0 atom stereocenters. The molecule has 1 saturated heterocycles. The predicted octanol–water partition coefficient (Wildman–Crippen LogP) is 3.05. The molecule has 1 aliphatic heterocycles. The van der Waals surface area contributed by atoms with Crippen LogP contribution in [-0.2, 0) is 0 Å². The largest absolute Gasteiger partial charge is 0.357 e. The summed E-state index contributed by atoms with van der Waals surface area (Å²) in [5.41, 5.74) is 2.48. The Morgan fingerprint density at radius 3 is 2.70 bits per heavy atom. The third-order valence-electron chi connectivity index (χ3n) is 4.18. The molecule has 0 radical (unpaired) electrons.